The molecule has 8 nitrogen and oxygen atoms in total. The van der Waals surface area contributed by atoms with Gasteiger partial charge in [-0.05, 0) is 53.9 Å². The lowest BCUT2D eigenvalue weighted by atomic mass is 10.1. The summed E-state index contributed by atoms with van der Waals surface area (Å²) in [6, 6.07) is 16.0. The molecule has 0 aliphatic heterocycles. The van der Waals surface area contributed by atoms with Gasteiger partial charge in [-0.3, -0.25) is 19.2 Å². The SMILES string of the molecule is O=C(O)CNC(=O)c1ccc(NC(=O)c2cccc(NC(=O)c3cccs3)c2)cc1. The summed E-state index contributed by atoms with van der Waals surface area (Å²) >= 11 is 1.32. The number of benzene rings is 2. The molecule has 0 saturated carbocycles. The van der Waals surface area contributed by atoms with E-state index in [-0.39, 0.29) is 17.4 Å². The van der Waals surface area contributed by atoms with Gasteiger partial charge in [-0.15, -0.1) is 11.3 Å². The van der Waals surface area contributed by atoms with Gasteiger partial charge in [-0.1, -0.05) is 12.1 Å². The Kier molecular flexibility index (Phi) is 6.56. The van der Waals surface area contributed by atoms with Crippen molar-refractivity contribution in [3.05, 3.63) is 82.0 Å². The first-order valence-electron chi connectivity index (χ1n) is 8.79. The number of carboxylic acid groups (broad SMARTS) is 1. The first-order chi connectivity index (χ1) is 14.4. The second-order valence-electron chi connectivity index (χ2n) is 6.12. The van der Waals surface area contributed by atoms with Crippen LogP contribution in [0.5, 0.6) is 0 Å². The van der Waals surface area contributed by atoms with Crippen molar-refractivity contribution in [2.45, 2.75) is 0 Å². The Balaban J connectivity index is 1.62. The summed E-state index contributed by atoms with van der Waals surface area (Å²) in [4.78, 5) is 47.6. The monoisotopic (exact) mass is 423 g/mol. The first kappa shape index (κ1) is 20.7. The minimum absolute atomic E-state index is 0.251. The minimum atomic E-state index is -1.14. The molecular formula is C21H17N3O5S. The van der Waals surface area contributed by atoms with E-state index in [0.717, 1.165) is 0 Å². The smallest absolute Gasteiger partial charge is 0.322 e. The Labute approximate surface area is 175 Å². The summed E-state index contributed by atoms with van der Waals surface area (Å²) in [7, 11) is 0. The normalized spacial score (nSPS) is 10.1. The summed E-state index contributed by atoms with van der Waals surface area (Å²) in [5.41, 5.74) is 1.57. The average Bonchev–Trinajstić information content (AvgIpc) is 3.28. The van der Waals surface area contributed by atoms with Gasteiger partial charge >= 0.3 is 5.97 Å². The fourth-order valence-corrected chi connectivity index (χ4v) is 3.12. The molecule has 0 radical (unpaired) electrons. The van der Waals surface area contributed by atoms with Crippen molar-refractivity contribution in [1.29, 1.82) is 0 Å². The molecule has 0 unspecified atom stereocenters. The quantitative estimate of drug-likeness (QED) is 0.465. The maximum atomic E-state index is 12.5. The second kappa shape index (κ2) is 9.48. The van der Waals surface area contributed by atoms with Crippen LogP contribution in [0.1, 0.15) is 30.4 Å². The minimum Gasteiger partial charge on any atom is -0.480 e. The molecule has 4 N–H and O–H groups in total. The lowest BCUT2D eigenvalue weighted by Gasteiger charge is -2.09. The number of aliphatic carboxylic acids is 1. The molecule has 0 aliphatic carbocycles. The van der Waals surface area contributed by atoms with E-state index >= 15 is 0 Å². The van der Waals surface area contributed by atoms with Crippen LogP contribution in [0.25, 0.3) is 0 Å². The molecule has 0 spiro atoms. The predicted molar refractivity (Wildman–Crippen MR) is 113 cm³/mol. The standard InChI is InChI=1S/C21H17N3O5S/c25-18(26)12-22-19(27)13-6-8-15(9-7-13)23-20(28)14-3-1-4-16(11-14)24-21(29)17-5-2-10-30-17/h1-11H,12H2,(H,22,27)(H,23,28)(H,24,29)(H,25,26). The van der Waals surface area contributed by atoms with Gasteiger partial charge in [0.05, 0.1) is 4.88 Å². The molecule has 1 heterocycles. The van der Waals surface area contributed by atoms with E-state index in [4.69, 9.17) is 5.11 Å². The molecule has 1 aromatic heterocycles. The number of amides is 3. The highest BCUT2D eigenvalue weighted by Gasteiger charge is 2.11. The van der Waals surface area contributed by atoms with Crippen LogP contribution in [-0.2, 0) is 4.79 Å². The van der Waals surface area contributed by atoms with E-state index in [2.05, 4.69) is 16.0 Å². The number of anilines is 2. The van der Waals surface area contributed by atoms with Gasteiger partial charge in [0, 0.05) is 22.5 Å². The maximum Gasteiger partial charge on any atom is 0.322 e. The zero-order chi connectivity index (χ0) is 21.5. The van der Waals surface area contributed by atoms with Crippen LogP contribution in [0.3, 0.4) is 0 Å². The first-order valence-corrected chi connectivity index (χ1v) is 9.66. The molecule has 0 bridgehead atoms. The summed E-state index contributed by atoms with van der Waals surface area (Å²) in [6.45, 7) is -0.476. The van der Waals surface area contributed by atoms with Gasteiger partial charge in [0.1, 0.15) is 6.54 Å². The molecule has 30 heavy (non-hydrogen) atoms. The van der Waals surface area contributed by atoms with Gasteiger partial charge in [0.25, 0.3) is 17.7 Å². The van der Waals surface area contributed by atoms with Gasteiger partial charge in [0.2, 0.25) is 0 Å². The maximum absolute atomic E-state index is 12.5. The van der Waals surface area contributed by atoms with Crippen LogP contribution >= 0.6 is 11.3 Å². The van der Waals surface area contributed by atoms with E-state index in [9.17, 15) is 19.2 Å². The van der Waals surface area contributed by atoms with E-state index in [1.807, 2.05) is 0 Å². The molecule has 3 aromatic rings. The summed E-state index contributed by atoms with van der Waals surface area (Å²) < 4.78 is 0. The fraction of sp³-hybridized carbons (Fsp3) is 0.0476. The van der Waals surface area contributed by atoms with Crippen molar-refractivity contribution in [2.24, 2.45) is 0 Å². The fourth-order valence-electron chi connectivity index (χ4n) is 2.50. The molecule has 0 fully saturated rings. The Hall–Kier alpha value is -3.98. The van der Waals surface area contributed by atoms with Crippen molar-refractivity contribution >= 4 is 46.4 Å². The highest BCUT2D eigenvalue weighted by Crippen LogP contribution is 2.17. The van der Waals surface area contributed by atoms with E-state index in [1.54, 1.807) is 41.8 Å². The van der Waals surface area contributed by atoms with Gasteiger partial charge in [-0.2, -0.15) is 0 Å². The Morgan fingerprint density at radius 3 is 2.17 bits per heavy atom. The summed E-state index contributed by atoms with van der Waals surface area (Å²) in [5, 5.41) is 18.1. The predicted octanol–water partition coefficient (Wildman–Crippen LogP) is 3.07. The molecule has 9 heteroatoms. The lowest BCUT2D eigenvalue weighted by molar-refractivity contribution is -0.135. The Morgan fingerprint density at radius 2 is 1.50 bits per heavy atom. The van der Waals surface area contributed by atoms with Crippen molar-refractivity contribution < 1.29 is 24.3 Å². The van der Waals surface area contributed by atoms with Crippen molar-refractivity contribution in [3.63, 3.8) is 0 Å². The third kappa shape index (κ3) is 5.52. The molecule has 0 aliphatic rings. The number of carboxylic acids is 1. The number of carbonyl (C=O) groups is 4. The third-order valence-corrected chi connectivity index (χ3v) is 4.80. The van der Waals surface area contributed by atoms with Crippen LogP contribution in [0.15, 0.2) is 66.0 Å². The number of hydrogen-bond donors (Lipinski definition) is 4. The highest BCUT2D eigenvalue weighted by molar-refractivity contribution is 7.12. The Morgan fingerprint density at radius 1 is 0.767 bits per heavy atom. The third-order valence-electron chi connectivity index (χ3n) is 3.93. The molecule has 0 saturated heterocycles. The van der Waals surface area contributed by atoms with E-state index < -0.39 is 18.4 Å². The van der Waals surface area contributed by atoms with Crippen LogP contribution in [0.4, 0.5) is 11.4 Å². The summed E-state index contributed by atoms with van der Waals surface area (Å²) in [5.74, 6) is -2.30. The van der Waals surface area contributed by atoms with Crippen LogP contribution in [0.2, 0.25) is 0 Å². The Bertz CT molecular complexity index is 1080. The van der Waals surface area contributed by atoms with Crippen molar-refractivity contribution in [3.8, 4) is 0 Å². The molecule has 3 amide bonds. The van der Waals surface area contributed by atoms with Gasteiger partial charge < -0.3 is 21.1 Å². The van der Waals surface area contributed by atoms with Gasteiger partial charge in [0.15, 0.2) is 0 Å². The van der Waals surface area contributed by atoms with Crippen LogP contribution in [-0.4, -0.2) is 35.3 Å². The molecule has 0 atom stereocenters. The number of thiophene rings is 1. The highest BCUT2D eigenvalue weighted by atomic mass is 32.1. The number of hydrogen-bond acceptors (Lipinski definition) is 5. The number of carbonyl (C=O) groups excluding carboxylic acids is 3. The largest absolute Gasteiger partial charge is 0.480 e. The van der Waals surface area contributed by atoms with Crippen molar-refractivity contribution in [2.75, 3.05) is 17.2 Å². The lowest BCUT2D eigenvalue weighted by Crippen LogP contribution is -2.29. The zero-order valence-electron chi connectivity index (χ0n) is 15.5. The van der Waals surface area contributed by atoms with Crippen LogP contribution in [0, 0.1) is 0 Å². The van der Waals surface area contributed by atoms with Crippen molar-refractivity contribution in [1.82, 2.24) is 5.32 Å². The molecule has 152 valence electrons. The zero-order valence-corrected chi connectivity index (χ0v) is 16.4. The van der Waals surface area contributed by atoms with E-state index in [1.165, 1.54) is 35.6 Å². The average molecular weight is 423 g/mol. The number of nitrogens with one attached hydrogen (secondary N) is 3. The van der Waals surface area contributed by atoms with E-state index in [0.29, 0.717) is 21.8 Å². The second-order valence-corrected chi connectivity index (χ2v) is 7.07. The number of rotatable bonds is 7. The van der Waals surface area contributed by atoms with Crippen LogP contribution < -0.4 is 16.0 Å². The van der Waals surface area contributed by atoms with Gasteiger partial charge in [-0.25, -0.2) is 0 Å². The topological polar surface area (TPSA) is 125 Å². The molecular weight excluding hydrogens is 406 g/mol. The summed E-state index contributed by atoms with van der Waals surface area (Å²) in [6.07, 6.45) is 0. The molecule has 2 aromatic carbocycles. The molecule has 3 rings (SSSR count).